The van der Waals surface area contributed by atoms with Gasteiger partial charge in [0.15, 0.2) is 0 Å². The molecule has 1 rings (SSSR count). The lowest BCUT2D eigenvalue weighted by atomic mass is 10.0. The molecule has 1 aromatic rings. The lowest BCUT2D eigenvalue weighted by Gasteiger charge is -2.21. The number of nitrogens with zero attached hydrogens (tertiary/aromatic N) is 1. The van der Waals surface area contributed by atoms with Gasteiger partial charge in [0.1, 0.15) is 5.82 Å². The first-order chi connectivity index (χ1) is 9.49. The number of pyridine rings is 1. The van der Waals surface area contributed by atoms with Crippen molar-refractivity contribution in [3.63, 3.8) is 0 Å². The average molecular weight is 298 g/mol. The summed E-state index contributed by atoms with van der Waals surface area (Å²) in [5.41, 5.74) is 0.472. The van der Waals surface area contributed by atoms with Gasteiger partial charge in [0.05, 0.1) is 10.6 Å². The summed E-state index contributed by atoms with van der Waals surface area (Å²) in [5.74, 6) is 0.929. The molecule has 0 aliphatic heterocycles. The maximum Gasteiger partial charge on any atom is 0.253 e. The van der Waals surface area contributed by atoms with E-state index in [0.29, 0.717) is 22.3 Å². The highest BCUT2D eigenvalue weighted by molar-refractivity contribution is 6.33. The molecule has 0 spiro atoms. The van der Waals surface area contributed by atoms with Crippen LogP contribution in [0.1, 0.15) is 50.9 Å². The van der Waals surface area contributed by atoms with Gasteiger partial charge in [0, 0.05) is 18.8 Å². The molecule has 4 nitrogen and oxygen atoms in total. The average Bonchev–Trinajstić information content (AvgIpc) is 2.43. The van der Waals surface area contributed by atoms with Crippen molar-refractivity contribution in [1.29, 1.82) is 0 Å². The van der Waals surface area contributed by atoms with E-state index in [0.717, 1.165) is 19.4 Å². The number of aromatic nitrogens is 1. The van der Waals surface area contributed by atoms with Crippen LogP contribution in [-0.2, 0) is 0 Å². The van der Waals surface area contributed by atoms with Crippen LogP contribution in [0.3, 0.4) is 0 Å². The predicted molar refractivity (Wildman–Crippen MR) is 84.4 cm³/mol. The highest BCUT2D eigenvalue weighted by Crippen LogP contribution is 2.19. The first-order valence-electron chi connectivity index (χ1n) is 7.19. The van der Waals surface area contributed by atoms with Crippen LogP contribution in [0.2, 0.25) is 5.02 Å². The van der Waals surface area contributed by atoms with Gasteiger partial charge in [-0.2, -0.15) is 0 Å². The van der Waals surface area contributed by atoms with Gasteiger partial charge in [-0.1, -0.05) is 39.3 Å². The van der Waals surface area contributed by atoms with E-state index in [4.69, 9.17) is 11.6 Å². The second kappa shape index (κ2) is 8.10. The minimum Gasteiger partial charge on any atom is -0.370 e. The normalized spacial score (nSPS) is 12.3. The van der Waals surface area contributed by atoms with Crippen molar-refractivity contribution in [2.75, 3.05) is 11.9 Å². The fraction of sp³-hybridized carbons (Fsp3) is 0.600. The van der Waals surface area contributed by atoms with Crippen LogP contribution in [0.5, 0.6) is 0 Å². The third kappa shape index (κ3) is 4.67. The molecule has 5 heteroatoms. The van der Waals surface area contributed by atoms with Gasteiger partial charge >= 0.3 is 0 Å². The summed E-state index contributed by atoms with van der Waals surface area (Å²) < 4.78 is 0. The fourth-order valence-electron chi connectivity index (χ4n) is 1.95. The van der Waals surface area contributed by atoms with E-state index in [9.17, 15) is 4.79 Å². The summed E-state index contributed by atoms with van der Waals surface area (Å²) in [6.07, 6.45) is 3.41. The van der Waals surface area contributed by atoms with Crippen LogP contribution in [-0.4, -0.2) is 23.5 Å². The van der Waals surface area contributed by atoms with Crippen LogP contribution in [0.15, 0.2) is 12.3 Å². The second-order valence-corrected chi connectivity index (χ2v) is 5.62. The van der Waals surface area contributed by atoms with Gasteiger partial charge < -0.3 is 10.6 Å². The lowest BCUT2D eigenvalue weighted by Crippen LogP contribution is -2.38. The smallest absolute Gasteiger partial charge is 0.253 e. The Hall–Kier alpha value is -1.29. The molecule has 2 N–H and O–H groups in total. The Labute approximate surface area is 126 Å². The minimum atomic E-state index is -0.141. The van der Waals surface area contributed by atoms with Crippen LogP contribution >= 0.6 is 11.6 Å². The summed E-state index contributed by atoms with van der Waals surface area (Å²) in [7, 11) is 0. The highest BCUT2D eigenvalue weighted by Gasteiger charge is 2.18. The molecule has 20 heavy (non-hydrogen) atoms. The van der Waals surface area contributed by atoms with E-state index in [1.54, 1.807) is 6.07 Å². The van der Waals surface area contributed by atoms with Crippen molar-refractivity contribution in [1.82, 2.24) is 10.3 Å². The molecule has 0 aliphatic rings. The zero-order valence-corrected chi connectivity index (χ0v) is 13.4. The zero-order chi connectivity index (χ0) is 15.1. The topological polar surface area (TPSA) is 54.0 Å². The van der Waals surface area contributed by atoms with Crippen LogP contribution in [0, 0.1) is 5.92 Å². The predicted octanol–water partition coefficient (Wildman–Crippen LogP) is 3.72. The quantitative estimate of drug-likeness (QED) is 0.806. The number of hydrogen-bond acceptors (Lipinski definition) is 3. The molecule has 0 fully saturated rings. The molecule has 0 bridgehead atoms. The van der Waals surface area contributed by atoms with Gasteiger partial charge in [-0.25, -0.2) is 4.98 Å². The van der Waals surface area contributed by atoms with Gasteiger partial charge in [-0.15, -0.1) is 0 Å². The third-order valence-electron chi connectivity index (χ3n) is 3.22. The largest absolute Gasteiger partial charge is 0.370 e. The first kappa shape index (κ1) is 16.8. The highest BCUT2D eigenvalue weighted by atomic mass is 35.5. The van der Waals surface area contributed by atoms with Crippen LogP contribution in [0.25, 0.3) is 0 Å². The molecule has 0 aromatic carbocycles. The number of carbonyl (C=O) groups is 1. The Kier molecular flexibility index (Phi) is 6.79. The van der Waals surface area contributed by atoms with Crippen molar-refractivity contribution in [2.24, 2.45) is 5.92 Å². The number of nitrogens with one attached hydrogen (secondary N) is 2. The molecule has 0 aliphatic carbocycles. The van der Waals surface area contributed by atoms with E-state index < -0.39 is 0 Å². The SMILES string of the molecule is CCCNc1cc(C(=O)NC(CC)C(C)C)c(Cl)cn1. The van der Waals surface area contributed by atoms with E-state index in [1.165, 1.54) is 6.20 Å². The van der Waals surface area contributed by atoms with E-state index >= 15 is 0 Å². The Balaban J connectivity index is 2.85. The molecule has 1 unspecified atom stereocenters. The minimum absolute atomic E-state index is 0.141. The van der Waals surface area contributed by atoms with Crippen molar-refractivity contribution in [2.45, 2.75) is 46.6 Å². The Morgan fingerprint density at radius 3 is 2.65 bits per heavy atom. The molecule has 112 valence electrons. The standard InChI is InChI=1S/C15H24ClN3O/c1-5-7-17-14-8-11(12(16)9-18-14)15(20)19-13(6-2)10(3)4/h8-10,13H,5-7H2,1-4H3,(H,17,18)(H,19,20). The maximum atomic E-state index is 12.3. The van der Waals surface area contributed by atoms with Crippen LogP contribution < -0.4 is 10.6 Å². The molecule has 0 radical (unpaired) electrons. The van der Waals surface area contributed by atoms with Gasteiger partial charge in [0.2, 0.25) is 0 Å². The summed E-state index contributed by atoms with van der Waals surface area (Å²) >= 11 is 6.08. The Morgan fingerprint density at radius 2 is 2.10 bits per heavy atom. The van der Waals surface area contributed by atoms with Crippen molar-refractivity contribution >= 4 is 23.3 Å². The number of carbonyl (C=O) groups excluding carboxylic acids is 1. The summed E-state index contributed by atoms with van der Waals surface area (Å²) in [6, 6.07) is 1.86. The molecule has 1 aromatic heterocycles. The molecule has 0 saturated heterocycles. The van der Waals surface area contributed by atoms with Crippen molar-refractivity contribution < 1.29 is 4.79 Å². The van der Waals surface area contributed by atoms with Gasteiger partial charge in [-0.3, -0.25) is 4.79 Å². The third-order valence-corrected chi connectivity index (χ3v) is 3.52. The number of halogens is 1. The van der Waals surface area contributed by atoms with Gasteiger partial charge in [-0.05, 0) is 24.8 Å². The molecular weight excluding hydrogens is 274 g/mol. The number of hydrogen-bond donors (Lipinski definition) is 2. The summed E-state index contributed by atoms with van der Waals surface area (Å²) in [6.45, 7) is 9.14. The molecule has 0 saturated carbocycles. The van der Waals surface area contributed by atoms with E-state index in [-0.39, 0.29) is 11.9 Å². The molecule has 1 heterocycles. The molecule has 1 amide bonds. The number of rotatable bonds is 7. The first-order valence-corrected chi connectivity index (χ1v) is 7.57. The summed E-state index contributed by atoms with van der Waals surface area (Å²) in [4.78, 5) is 16.5. The monoisotopic (exact) mass is 297 g/mol. The summed E-state index contributed by atoms with van der Waals surface area (Å²) in [5, 5.41) is 6.56. The van der Waals surface area contributed by atoms with Gasteiger partial charge in [0.25, 0.3) is 5.91 Å². The second-order valence-electron chi connectivity index (χ2n) is 5.21. The molecule has 1 atom stereocenters. The number of amides is 1. The maximum absolute atomic E-state index is 12.3. The fourth-order valence-corrected chi connectivity index (χ4v) is 2.14. The Bertz CT molecular complexity index is 449. The van der Waals surface area contributed by atoms with Crippen LogP contribution in [0.4, 0.5) is 5.82 Å². The van der Waals surface area contributed by atoms with E-state index in [2.05, 4.69) is 43.3 Å². The lowest BCUT2D eigenvalue weighted by molar-refractivity contribution is 0.0924. The zero-order valence-electron chi connectivity index (χ0n) is 12.7. The van der Waals surface area contributed by atoms with Crippen molar-refractivity contribution in [3.05, 3.63) is 22.8 Å². The van der Waals surface area contributed by atoms with Crippen molar-refractivity contribution in [3.8, 4) is 0 Å². The van der Waals surface area contributed by atoms with E-state index in [1.807, 2.05) is 0 Å². The number of anilines is 1. The Morgan fingerprint density at radius 1 is 1.40 bits per heavy atom. The molecular formula is C15H24ClN3O.